The van der Waals surface area contributed by atoms with Gasteiger partial charge in [0, 0.05) is 17.5 Å². The number of thioether (sulfide) groups is 1. The molecule has 0 unspecified atom stereocenters. The SMILES string of the molecule is Nc1nc(SCc2ccccn2)nc(-c2c(Cl)cc3c4c(cccc24)COC3)n1. The number of ether oxygens (including phenoxy) is 1. The molecule has 2 aromatic carbocycles. The molecule has 0 amide bonds. The molecule has 1 aliphatic heterocycles. The van der Waals surface area contributed by atoms with Crippen LogP contribution < -0.4 is 5.73 Å². The summed E-state index contributed by atoms with van der Waals surface area (Å²) in [5.74, 6) is 1.28. The second-order valence-electron chi connectivity index (χ2n) is 6.63. The van der Waals surface area contributed by atoms with Gasteiger partial charge in [-0.15, -0.1) is 0 Å². The van der Waals surface area contributed by atoms with Crippen molar-refractivity contribution in [1.29, 1.82) is 0 Å². The summed E-state index contributed by atoms with van der Waals surface area (Å²) in [6.45, 7) is 1.12. The Morgan fingerprint density at radius 1 is 1.03 bits per heavy atom. The van der Waals surface area contributed by atoms with E-state index in [0.29, 0.717) is 35.0 Å². The van der Waals surface area contributed by atoms with Gasteiger partial charge in [-0.3, -0.25) is 4.98 Å². The molecule has 0 bridgehead atoms. The van der Waals surface area contributed by atoms with Gasteiger partial charge in [0.2, 0.25) is 5.95 Å². The van der Waals surface area contributed by atoms with E-state index in [1.807, 2.05) is 36.4 Å². The molecule has 0 saturated carbocycles. The van der Waals surface area contributed by atoms with Crippen molar-refractivity contribution in [2.24, 2.45) is 0 Å². The van der Waals surface area contributed by atoms with E-state index in [-0.39, 0.29) is 5.95 Å². The van der Waals surface area contributed by atoms with Crippen LogP contribution in [0.2, 0.25) is 5.02 Å². The Labute approximate surface area is 176 Å². The summed E-state index contributed by atoms with van der Waals surface area (Å²) in [6.07, 6.45) is 1.77. The zero-order valence-corrected chi connectivity index (χ0v) is 16.9. The summed E-state index contributed by atoms with van der Waals surface area (Å²) >= 11 is 8.12. The largest absolute Gasteiger partial charge is 0.372 e. The molecular formula is C21H16ClN5OS. The van der Waals surface area contributed by atoms with Gasteiger partial charge in [0.05, 0.1) is 23.9 Å². The lowest BCUT2D eigenvalue weighted by atomic mass is 9.94. The molecule has 2 aromatic heterocycles. The highest BCUT2D eigenvalue weighted by atomic mass is 35.5. The number of nitrogen functional groups attached to an aromatic ring is 1. The van der Waals surface area contributed by atoms with Crippen LogP contribution in [-0.2, 0) is 23.7 Å². The Kier molecular flexibility index (Phi) is 4.79. The van der Waals surface area contributed by atoms with Crippen LogP contribution in [0.4, 0.5) is 5.95 Å². The fourth-order valence-electron chi connectivity index (χ4n) is 3.52. The summed E-state index contributed by atoms with van der Waals surface area (Å²) < 4.78 is 5.67. The maximum absolute atomic E-state index is 6.66. The molecule has 0 saturated heterocycles. The summed E-state index contributed by atoms with van der Waals surface area (Å²) in [5.41, 5.74) is 9.92. The van der Waals surface area contributed by atoms with Crippen molar-refractivity contribution in [2.45, 2.75) is 24.1 Å². The quantitative estimate of drug-likeness (QED) is 0.480. The maximum atomic E-state index is 6.66. The smallest absolute Gasteiger partial charge is 0.224 e. The molecule has 8 heteroatoms. The van der Waals surface area contributed by atoms with Gasteiger partial charge in [0.25, 0.3) is 0 Å². The molecule has 0 spiro atoms. The Balaban J connectivity index is 1.60. The molecule has 4 aromatic rings. The van der Waals surface area contributed by atoms with Gasteiger partial charge < -0.3 is 10.5 Å². The molecule has 3 heterocycles. The van der Waals surface area contributed by atoms with Gasteiger partial charge in [-0.1, -0.05) is 47.6 Å². The number of halogens is 1. The number of nitrogens with two attached hydrogens (primary N) is 1. The number of pyridine rings is 1. The zero-order valence-electron chi connectivity index (χ0n) is 15.3. The van der Waals surface area contributed by atoms with E-state index in [2.05, 4.69) is 26.0 Å². The minimum atomic E-state index is 0.165. The molecule has 0 radical (unpaired) electrons. The Hall–Kier alpha value is -2.74. The molecule has 29 heavy (non-hydrogen) atoms. The summed E-state index contributed by atoms with van der Waals surface area (Å²) in [4.78, 5) is 17.6. The number of hydrogen-bond donors (Lipinski definition) is 1. The van der Waals surface area contributed by atoms with Crippen molar-refractivity contribution in [2.75, 3.05) is 5.73 Å². The third-order valence-corrected chi connectivity index (χ3v) is 5.91. The number of rotatable bonds is 4. The normalized spacial score (nSPS) is 13.0. The van der Waals surface area contributed by atoms with Gasteiger partial charge in [0.1, 0.15) is 0 Å². The van der Waals surface area contributed by atoms with Crippen LogP contribution in [-0.4, -0.2) is 19.9 Å². The number of aromatic nitrogens is 4. The van der Waals surface area contributed by atoms with Crippen molar-refractivity contribution in [3.05, 3.63) is 70.5 Å². The lowest BCUT2D eigenvalue weighted by molar-refractivity contribution is 0.103. The van der Waals surface area contributed by atoms with Crippen LogP contribution in [0.3, 0.4) is 0 Å². The van der Waals surface area contributed by atoms with Crippen LogP contribution in [0.5, 0.6) is 0 Å². The van der Waals surface area contributed by atoms with E-state index in [0.717, 1.165) is 33.2 Å². The second-order valence-corrected chi connectivity index (χ2v) is 7.98. The van der Waals surface area contributed by atoms with Crippen molar-refractivity contribution >= 4 is 40.1 Å². The van der Waals surface area contributed by atoms with E-state index in [9.17, 15) is 0 Å². The highest BCUT2D eigenvalue weighted by molar-refractivity contribution is 7.98. The number of nitrogens with zero attached hydrogens (tertiary/aromatic N) is 4. The molecule has 0 aliphatic carbocycles. The molecule has 2 N–H and O–H groups in total. The van der Waals surface area contributed by atoms with E-state index < -0.39 is 0 Å². The molecule has 6 nitrogen and oxygen atoms in total. The average molecular weight is 422 g/mol. The number of benzene rings is 2. The average Bonchev–Trinajstić information content (AvgIpc) is 2.73. The number of hydrogen-bond acceptors (Lipinski definition) is 7. The van der Waals surface area contributed by atoms with Crippen molar-refractivity contribution in [3.8, 4) is 11.4 Å². The topological polar surface area (TPSA) is 86.8 Å². The fraction of sp³-hybridized carbons (Fsp3) is 0.143. The lowest BCUT2D eigenvalue weighted by Gasteiger charge is -2.20. The molecular weight excluding hydrogens is 406 g/mol. The van der Waals surface area contributed by atoms with E-state index in [4.69, 9.17) is 22.1 Å². The number of anilines is 1. The summed E-state index contributed by atoms with van der Waals surface area (Å²) in [6, 6.07) is 13.8. The first kappa shape index (κ1) is 18.3. The molecule has 0 fully saturated rings. The van der Waals surface area contributed by atoms with Crippen molar-refractivity contribution < 1.29 is 4.74 Å². The van der Waals surface area contributed by atoms with E-state index in [1.54, 1.807) is 6.20 Å². The van der Waals surface area contributed by atoms with Crippen molar-refractivity contribution in [1.82, 2.24) is 19.9 Å². The molecule has 144 valence electrons. The summed E-state index contributed by atoms with van der Waals surface area (Å²) in [7, 11) is 0. The van der Waals surface area contributed by atoms with Gasteiger partial charge in [-0.2, -0.15) is 9.97 Å². The third kappa shape index (κ3) is 3.53. The van der Waals surface area contributed by atoms with Crippen LogP contribution in [0.15, 0.2) is 53.8 Å². The highest BCUT2D eigenvalue weighted by Crippen LogP contribution is 2.39. The van der Waals surface area contributed by atoms with Gasteiger partial charge >= 0.3 is 0 Å². The van der Waals surface area contributed by atoms with Crippen LogP contribution in [0.25, 0.3) is 22.2 Å². The highest BCUT2D eigenvalue weighted by Gasteiger charge is 2.21. The predicted octanol–water partition coefficient (Wildman–Crippen LogP) is 4.64. The minimum absolute atomic E-state index is 0.165. The molecule has 1 aliphatic rings. The summed E-state index contributed by atoms with van der Waals surface area (Å²) in [5, 5.41) is 3.26. The van der Waals surface area contributed by atoms with E-state index >= 15 is 0 Å². The Morgan fingerprint density at radius 3 is 2.79 bits per heavy atom. The zero-order chi connectivity index (χ0) is 19.8. The Morgan fingerprint density at radius 2 is 1.93 bits per heavy atom. The van der Waals surface area contributed by atoms with Gasteiger partial charge in [0.15, 0.2) is 11.0 Å². The van der Waals surface area contributed by atoms with Crippen LogP contribution >= 0.6 is 23.4 Å². The monoisotopic (exact) mass is 421 g/mol. The first-order valence-electron chi connectivity index (χ1n) is 9.04. The minimum Gasteiger partial charge on any atom is -0.372 e. The van der Waals surface area contributed by atoms with Gasteiger partial charge in [-0.05, 0) is 40.1 Å². The maximum Gasteiger partial charge on any atom is 0.224 e. The fourth-order valence-corrected chi connectivity index (χ4v) is 4.59. The molecule has 0 atom stereocenters. The third-order valence-electron chi connectivity index (χ3n) is 4.73. The second kappa shape index (κ2) is 7.59. The van der Waals surface area contributed by atoms with E-state index in [1.165, 1.54) is 11.8 Å². The first-order valence-corrected chi connectivity index (χ1v) is 10.4. The van der Waals surface area contributed by atoms with Crippen LogP contribution in [0, 0.1) is 0 Å². The van der Waals surface area contributed by atoms with Crippen molar-refractivity contribution in [3.63, 3.8) is 0 Å². The van der Waals surface area contributed by atoms with Crippen LogP contribution in [0.1, 0.15) is 16.8 Å². The molecule has 5 rings (SSSR count). The first-order chi connectivity index (χ1) is 14.2. The Bertz CT molecular complexity index is 1220. The standard InChI is InChI=1S/C21H16ClN5OS/c22-16-8-13-10-28-9-12-4-3-6-15(17(12)13)18(16)19-25-20(23)27-21(26-19)29-11-14-5-1-2-7-24-14/h1-8H,9-11H2,(H2,23,25,26,27). The predicted molar refractivity (Wildman–Crippen MR) is 114 cm³/mol. The lowest BCUT2D eigenvalue weighted by Crippen LogP contribution is -2.06. The van der Waals surface area contributed by atoms with Gasteiger partial charge in [-0.25, -0.2) is 4.98 Å².